The van der Waals surface area contributed by atoms with Crippen LogP contribution >= 0.6 is 0 Å². The molecule has 3 heterocycles. The van der Waals surface area contributed by atoms with Crippen molar-refractivity contribution in [2.24, 2.45) is 5.92 Å². The standard InChI is InChI=1S/C20H35N5/c1-5-16-10-19(14-25(13-16)15(2)3)23-20-21-11-18(12-22-20)17-6-8-24(4)9-7-17/h11-12,15-17,19H,5-10,13-14H2,1-4H3,(H,21,22,23). The molecule has 1 aromatic heterocycles. The van der Waals surface area contributed by atoms with E-state index < -0.39 is 0 Å². The summed E-state index contributed by atoms with van der Waals surface area (Å²) in [5.74, 6) is 2.19. The van der Waals surface area contributed by atoms with E-state index in [0.717, 1.165) is 18.4 Å². The number of nitrogens with one attached hydrogen (secondary N) is 1. The minimum Gasteiger partial charge on any atom is -0.350 e. The van der Waals surface area contributed by atoms with Crippen LogP contribution in [0.1, 0.15) is 57.9 Å². The van der Waals surface area contributed by atoms with E-state index >= 15 is 0 Å². The van der Waals surface area contributed by atoms with Crippen molar-refractivity contribution in [2.75, 3.05) is 38.5 Å². The monoisotopic (exact) mass is 345 g/mol. The summed E-state index contributed by atoms with van der Waals surface area (Å²) in [6.07, 6.45) is 9.00. The van der Waals surface area contributed by atoms with Gasteiger partial charge in [0, 0.05) is 37.6 Å². The molecule has 2 saturated heterocycles. The van der Waals surface area contributed by atoms with Crippen molar-refractivity contribution < 1.29 is 0 Å². The molecule has 2 unspecified atom stereocenters. The summed E-state index contributed by atoms with van der Waals surface area (Å²) in [7, 11) is 2.20. The van der Waals surface area contributed by atoms with Crippen LogP contribution < -0.4 is 5.32 Å². The Bertz CT molecular complexity index is 521. The number of piperidine rings is 2. The molecule has 2 fully saturated rings. The summed E-state index contributed by atoms with van der Waals surface area (Å²) in [6, 6.07) is 1.06. The summed E-state index contributed by atoms with van der Waals surface area (Å²) in [5.41, 5.74) is 1.30. The van der Waals surface area contributed by atoms with Crippen LogP contribution in [0.5, 0.6) is 0 Å². The van der Waals surface area contributed by atoms with Crippen LogP contribution in [0.15, 0.2) is 12.4 Å². The summed E-state index contributed by atoms with van der Waals surface area (Å²) < 4.78 is 0. The van der Waals surface area contributed by atoms with Crippen LogP contribution in [0.4, 0.5) is 5.95 Å². The molecule has 25 heavy (non-hydrogen) atoms. The fourth-order valence-corrected chi connectivity index (χ4v) is 4.21. The van der Waals surface area contributed by atoms with Gasteiger partial charge in [-0.3, -0.25) is 4.90 Å². The van der Waals surface area contributed by atoms with Gasteiger partial charge in [-0.1, -0.05) is 13.3 Å². The van der Waals surface area contributed by atoms with Crippen LogP contribution in [0.3, 0.4) is 0 Å². The second-order valence-electron chi connectivity index (χ2n) is 8.32. The van der Waals surface area contributed by atoms with Gasteiger partial charge in [-0.2, -0.15) is 0 Å². The minimum atomic E-state index is 0.454. The Labute approximate surface area is 153 Å². The topological polar surface area (TPSA) is 44.3 Å². The molecular weight excluding hydrogens is 310 g/mol. The molecule has 0 amide bonds. The zero-order valence-corrected chi connectivity index (χ0v) is 16.4. The lowest BCUT2D eigenvalue weighted by molar-refractivity contribution is 0.128. The molecule has 1 N–H and O–H groups in total. The Morgan fingerprint density at radius 2 is 1.84 bits per heavy atom. The fourth-order valence-electron chi connectivity index (χ4n) is 4.21. The molecule has 3 rings (SSSR count). The maximum absolute atomic E-state index is 4.63. The van der Waals surface area contributed by atoms with E-state index in [1.54, 1.807) is 0 Å². The van der Waals surface area contributed by atoms with Crippen LogP contribution in [0.25, 0.3) is 0 Å². The van der Waals surface area contributed by atoms with Crippen molar-refractivity contribution >= 4 is 5.95 Å². The lowest BCUT2D eigenvalue weighted by Gasteiger charge is -2.40. The normalized spacial score (nSPS) is 26.9. The third-order valence-electron chi connectivity index (χ3n) is 6.07. The van der Waals surface area contributed by atoms with Gasteiger partial charge in [0.05, 0.1) is 0 Å². The van der Waals surface area contributed by atoms with Crippen LogP contribution in [-0.2, 0) is 0 Å². The molecule has 5 heteroatoms. The highest BCUT2D eigenvalue weighted by molar-refractivity contribution is 5.28. The predicted molar refractivity (Wildman–Crippen MR) is 104 cm³/mol. The van der Waals surface area contributed by atoms with Crippen molar-refractivity contribution in [1.82, 2.24) is 19.8 Å². The molecule has 5 nitrogen and oxygen atoms in total. The molecule has 0 radical (unpaired) electrons. The predicted octanol–water partition coefficient (Wildman–Crippen LogP) is 3.21. The van der Waals surface area contributed by atoms with Gasteiger partial charge >= 0.3 is 0 Å². The van der Waals surface area contributed by atoms with Gasteiger partial charge in [0.2, 0.25) is 5.95 Å². The van der Waals surface area contributed by atoms with Crippen LogP contribution in [-0.4, -0.2) is 65.1 Å². The molecule has 2 aliphatic heterocycles. The fraction of sp³-hybridized carbons (Fsp3) is 0.800. The smallest absolute Gasteiger partial charge is 0.222 e. The molecule has 2 atom stereocenters. The molecule has 0 aliphatic carbocycles. The van der Waals surface area contributed by atoms with Gasteiger partial charge in [0.25, 0.3) is 0 Å². The van der Waals surface area contributed by atoms with E-state index in [1.165, 1.54) is 50.9 Å². The first-order chi connectivity index (χ1) is 12.0. The highest BCUT2D eigenvalue weighted by Crippen LogP contribution is 2.27. The van der Waals surface area contributed by atoms with Crippen molar-refractivity contribution in [3.05, 3.63) is 18.0 Å². The van der Waals surface area contributed by atoms with E-state index in [9.17, 15) is 0 Å². The van der Waals surface area contributed by atoms with E-state index in [0.29, 0.717) is 18.0 Å². The van der Waals surface area contributed by atoms with Gasteiger partial charge in [0.15, 0.2) is 0 Å². The zero-order chi connectivity index (χ0) is 17.8. The Hall–Kier alpha value is -1.20. The first-order valence-corrected chi connectivity index (χ1v) is 10.1. The molecule has 0 spiro atoms. The van der Waals surface area contributed by atoms with Crippen LogP contribution in [0.2, 0.25) is 0 Å². The molecule has 0 bridgehead atoms. The number of aromatic nitrogens is 2. The van der Waals surface area contributed by atoms with Gasteiger partial charge < -0.3 is 10.2 Å². The van der Waals surface area contributed by atoms with Crippen molar-refractivity contribution in [1.29, 1.82) is 0 Å². The molecule has 0 aromatic carbocycles. The maximum Gasteiger partial charge on any atom is 0.222 e. The van der Waals surface area contributed by atoms with E-state index in [2.05, 4.69) is 52.9 Å². The minimum absolute atomic E-state index is 0.454. The average Bonchev–Trinajstić information content (AvgIpc) is 2.63. The van der Waals surface area contributed by atoms with E-state index in [4.69, 9.17) is 0 Å². The van der Waals surface area contributed by atoms with Crippen molar-refractivity contribution in [2.45, 2.75) is 64.5 Å². The van der Waals surface area contributed by atoms with Gasteiger partial charge in [-0.15, -0.1) is 0 Å². The average molecular weight is 346 g/mol. The Kier molecular flexibility index (Phi) is 6.29. The summed E-state index contributed by atoms with van der Waals surface area (Å²) in [4.78, 5) is 14.3. The first-order valence-electron chi connectivity index (χ1n) is 10.1. The lowest BCUT2D eigenvalue weighted by Crippen LogP contribution is -2.49. The second-order valence-corrected chi connectivity index (χ2v) is 8.32. The van der Waals surface area contributed by atoms with Crippen molar-refractivity contribution in [3.8, 4) is 0 Å². The van der Waals surface area contributed by atoms with Crippen LogP contribution in [0, 0.1) is 5.92 Å². The van der Waals surface area contributed by atoms with Gasteiger partial charge in [0.1, 0.15) is 0 Å². The SMILES string of the molecule is CCC1CC(Nc2ncc(C3CCN(C)CC3)cn2)CN(C(C)C)C1. The number of anilines is 1. The summed E-state index contributed by atoms with van der Waals surface area (Å²) >= 11 is 0. The maximum atomic E-state index is 4.63. The third kappa shape index (κ3) is 4.91. The Balaban J connectivity index is 1.59. The molecular formula is C20H35N5. The lowest BCUT2D eigenvalue weighted by atomic mass is 9.91. The number of hydrogen-bond acceptors (Lipinski definition) is 5. The number of likely N-dealkylation sites (tertiary alicyclic amines) is 2. The zero-order valence-electron chi connectivity index (χ0n) is 16.4. The molecule has 140 valence electrons. The highest BCUT2D eigenvalue weighted by Gasteiger charge is 2.28. The highest BCUT2D eigenvalue weighted by atomic mass is 15.2. The van der Waals surface area contributed by atoms with Gasteiger partial charge in [-0.25, -0.2) is 9.97 Å². The van der Waals surface area contributed by atoms with Crippen molar-refractivity contribution in [3.63, 3.8) is 0 Å². The number of nitrogens with zero attached hydrogens (tertiary/aromatic N) is 4. The van der Waals surface area contributed by atoms with E-state index in [-0.39, 0.29) is 0 Å². The largest absolute Gasteiger partial charge is 0.350 e. The third-order valence-corrected chi connectivity index (χ3v) is 6.07. The quantitative estimate of drug-likeness (QED) is 0.888. The molecule has 2 aliphatic rings. The van der Waals surface area contributed by atoms with Gasteiger partial charge in [-0.05, 0) is 70.6 Å². The first kappa shape index (κ1) is 18.6. The Morgan fingerprint density at radius 3 is 2.44 bits per heavy atom. The number of rotatable bonds is 5. The second kappa shape index (κ2) is 8.45. The Morgan fingerprint density at radius 1 is 1.16 bits per heavy atom. The molecule has 1 aromatic rings. The summed E-state index contributed by atoms with van der Waals surface area (Å²) in [5, 5.41) is 3.60. The molecule has 0 saturated carbocycles. The number of hydrogen-bond donors (Lipinski definition) is 1. The van der Waals surface area contributed by atoms with E-state index in [1.807, 2.05) is 12.4 Å². The summed E-state index contributed by atoms with van der Waals surface area (Å²) in [6.45, 7) is 11.6.